The van der Waals surface area contributed by atoms with E-state index in [9.17, 15) is 29.1 Å². The molecule has 1 saturated carbocycles. The Morgan fingerprint density at radius 1 is 1.00 bits per heavy atom. The number of benzene rings is 1. The minimum atomic E-state index is -1.12. The molecule has 0 radical (unpaired) electrons. The van der Waals surface area contributed by atoms with Crippen LogP contribution in [0.5, 0.6) is 5.75 Å². The van der Waals surface area contributed by atoms with E-state index in [1.54, 1.807) is 12.1 Å². The highest BCUT2D eigenvalue weighted by Gasteiger charge is 2.43. The number of carbonyl (C=O) groups is 5. The molecular weight excluding hydrogens is 550 g/mol. The van der Waals surface area contributed by atoms with Crippen molar-refractivity contribution in [1.29, 1.82) is 0 Å². The maximum atomic E-state index is 14.0. The van der Waals surface area contributed by atoms with E-state index >= 15 is 0 Å². The van der Waals surface area contributed by atoms with Crippen LogP contribution in [0.3, 0.4) is 0 Å². The van der Waals surface area contributed by atoms with Crippen molar-refractivity contribution in [3.8, 4) is 5.75 Å². The first-order valence-electron chi connectivity index (χ1n) is 15.4. The van der Waals surface area contributed by atoms with Crippen molar-refractivity contribution in [2.24, 2.45) is 17.1 Å². The molecule has 3 atom stereocenters. The topological polar surface area (TPSA) is 171 Å². The Morgan fingerprint density at radius 2 is 1.63 bits per heavy atom. The van der Waals surface area contributed by atoms with Crippen molar-refractivity contribution in [2.75, 3.05) is 6.54 Å². The summed E-state index contributed by atoms with van der Waals surface area (Å²) < 4.78 is 0. The van der Waals surface area contributed by atoms with Crippen molar-refractivity contribution >= 4 is 29.5 Å². The number of likely N-dealkylation sites (tertiary alicyclic amines) is 1. The summed E-state index contributed by atoms with van der Waals surface area (Å²) in [5.41, 5.74) is 5.06. The van der Waals surface area contributed by atoms with Gasteiger partial charge in [-0.2, -0.15) is 0 Å². The third-order valence-corrected chi connectivity index (χ3v) is 8.48. The maximum absolute atomic E-state index is 14.0. The molecule has 0 bridgehead atoms. The molecule has 0 aromatic heterocycles. The number of phenols is 1. The lowest BCUT2D eigenvalue weighted by molar-refractivity contribution is -0.143. The fourth-order valence-electron chi connectivity index (χ4n) is 6.25. The van der Waals surface area contributed by atoms with Gasteiger partial charge in [0.05, 0.1) is 6.04 Å². The van der Waals surface area contributed by atoms with Crippen molar-refractivity contribution in [3.63, 3.8) is 0 Å². The number of primary amides is 1. The zero-order chi connectivity index (χ0) is 31.9. The van der Waals surface area contributed by atoms with Crippen molar-refractivity contribution in [2.45, 2.75) is 116 Å². The second kappa shape index (κ2) is 14.2. The molecule has 6 N–H and O–H groups in total. The number of amides is 5. The summed E-state index contributed by atoms with van der Waals surface area (Å²) in [7, 11) is 0. The smallest absolute Gasteiger partial charge is 0.315 e. The van der Waals surface area contributed by atoms with Gasteiger partial charge in [0.15, 0.2) is 0 Å². The van der Waals surface area contributed by atoms with E-state index in [0.29, 0.717) is 25.8 Å². The number of nitrogens with two attached hydrogens (primary N) is 1. The fourth-order valence-corrected chi connectivity index (χ4v) is 6.25. The van der Waals surface area contributed by atoms with Gasteiger partial charge < -0.3 is 31.7 Å². The van der Waals surface area contributed by atoms with Gasteiger partial charge in [-0.15, -0.1) is 0 Å². The molecule has 1 aromatic carbocycles. The van der Waals surface area contributed by atoms with E-state index < -0.39 is 52.7 Å². The summed E-state index contributed by atoms with van der Waals surface area (Å²) in [6.45, 7) is 9.64. The molecule has 238 valence electrons. The number of carbonyl (C=O) groups excluding carboxylic acids is 5. The quantitative estimate of drug-likeness (QED) is 0.245. The molecule has 11 heteroatoms. The lowest BCUT2D eigenvalue weighted by Crippen LogP contribution is -2.62. The van der Waals surface area contributed by atoms with Crippen molar-refractivity contribution in [1.82, 2.24) is 20.9 Å². The summed E-state index contributed by atoms with van der Waals surface area (Å²) in [6.07, 6.45) is 6.46. The van der Waals surface area contributed by atoms with Gasteiger partial charge in [0.25, 0.3) is 5.91 Å². The van der Waals surface area contributed by atoms with Crippen LogP contribution in [0.15, 0.2) is 24.3 Å². The first-order chi connectivity index (χ1) is 20.1. The van der Waals surface area contributed by atoms with Crippen LogP contribution in [0.1, 0.15) is 91.5 Å². The van der Waals surface area contributed by atoms with Gasteiger partial charge in [-0.3, -0.25) is 19.2 Å². The number of ketones is 1. The molecule has 1 aliphatic heterocycles. The summed E-state index contributed by atoms with van der Waals surface area (Å²) >= 11 is 0. The predicted octanol–water partition coefficient (Wildman–Crippen LogP) is 2.93. The summed E-state index contributed by atoms with van der Waals surface area (Å²) in [5, 5.41) is 18.5. The van der Waals surface area contributed by atoms with Gasteiger partial charge in [-0.05, 0) is 67.6 Å². The van der Waals surface area contributed by atoms with E-state index in [4.69, 9.17) is 5.73 Å². The Kier molecular flexibility index (Phi) is 11.2. The molecule has 1 saturated heterocycles. The third-order valence-electron chi connectivity index (χ3n) is 8.48. The normalized spacial score (nSPS) is 19.8. The lowest BCUT2D eigenvalue weighted by atomic mass is 9.77. The molecule has 1 aliphatic carbocycles. The summed E-state index contributed by atoms with van der Waals surface area (Å²) in [6, 6.07) is 3.71. The first kappa shape index (κ1) is 33.9. The number of hydrogen-bond acceptors (Lipinski definition) is 6. The van der Waals surface area contributed by atoms with Crippen LogP contribution in [0.25, 0.3) is 0 Å². The molecule has 1 heterocycles. The highest BCUT2D eigenvalue weighted by Crippen LogP contribution is 2.32. The Morgan fingerprint density at radius 3 is 2.19 bits per heavy atom. The van der Waals surface area contributed by atoms with Crippen LogP contribution < -0.4 is 21.7 Å². The zero-order valence-electron chi connectivity index (χ0n) is 26.2. The van der Waals surface area contributed by atoms with Gasteiger partial charge in [-0.25, -0.2) is 4.79 Å². The van der Waals surface area contributed by atoms with E-state index in [2.05, 4.69) is 16.0 Å². The minimum absolute atomic E-state index is 0.0180. The lowest BCUT2D eigenvalue weighted by Gasteiger charge is -2.40. The minimum Gasteiger partial charge on any atom is -0.508 e. The number of urea groups is 1. The van der Waals surface area contributed by atoms with Crippen LogP contribution in [0.2, 0.25) is 0 Å². The number of rotatable bonds is 11. The molecular formula is C32H49N5O6. The number of nitrogens with zero attached hydrogens (tertiary/aromatic N) is 1. The Balaban J connectivity index is 1.76. The average Bonchev–Trinajstić information content (AvgIpc) is 3.42. The third kappa shape index (κ3) is 9.18. The molecule has 1 aromatic rings. The monoisotopic (exact) mass is 599 g/mol. The van der Waals surface area contributed by atoms with Gasteiger partial charge >= 0.3 is 6.03 Å². The summed E-state index contributed by atoms with van der Waals surface area (Å²) in [5.74, 6) is -2.68. The SMILES string of the molecule is CC(C)CC(NC(=O)C1CCCN1C(=O)C(NC(=O)NC1(Cc2ccc(O)cc2)CCCCC1)C(C)(C)C)C(=O)C(N)=O. The molecule has 2 fully saturated rings. The zero-order valence-corrected chi connectivity index (χ0v) is 26.2. The van der Waals surface area contributed by atoms with Gasteiger partial charge in [0.2, 0.25) is 17.6 Å². The predicted molar refractivity (Wildman–Crippen MR) is 163 cm³/mol. The molecule has 3 unspecified atom stereocenters. The Hall–Kier alpha value is -3.63. The van der Waals surface area contributed by atoms with E-state index in [1.165, 1.54) is 4.90 Å². The van der Waals surface area contributed by atoms with Crippen LogP contribution >= 0.6 is 0 Å². The van der Waals surface area contributed by atoms with Crippen LogP contribution in [0.4, 0.5) is 4.79 Å². The van der Waals surface area contributed by atoms with Crippen LogP contribution in [-0.2, 0) is 25.6 Å². The maximum Gasteiger partial charge on any atom is 0.315 e. The van der Waals surface area contributed by atoms with E-state index in [0.717, 1.165) is 37.7 Å². The molecule has 0 spiro atoms. The molecule has 11 nitrogen and oxygen atoms in total. The highest BCUT2D eigenvalue weighted by molar-refractivity contribution is 6.37. The Labute approximate surface area is 254 Å². The highest BCUT2D eigenvalue weighted by atomic mass is 16.3. The van der Waals surface area contributed by atoms with Gasteiger partial charge in [0.1, 0.15) is 17.8 Å². The standard InChI is InChI=1S/C32H49N5O6/c1-20(2)18-23(25(39)27(33)40)34-28(41)24-10-9-17-37(24)29(42)26(31(3,4)5)35-30(43)36-32(15-7-6-8-16-32)19-21-11-13-22(38)14-12-21/h11-14,20,23-24,26,38H,6-10,15-19H2,1-5H3,(H2,33,40)(H,34,41)(H2,35,36,43). The number of hydrogen-bond donors (Lipinski definition) is 5. The summed E-state index contributed by atoms with van der Waals surface area (Å²) in [4.78, 5) is 66.3. The second-order valence-electron chi connectivity index (χ2n) is 13.7. The number of phenolic OH excluding ortho intramolecular Hbond substituents is 1. The van der Waals surface area contributed by atoms with Gasteiger partial charge in [0, 0.05) is 12.1 Å². The van der Waals surface area contributed by atoms with Gasteiger partial charge in [-0.1, -0.05) is 66.0 Å². The fraction of sp³-hybridized carbons (Fsp3) is 0.656. The average molecular weight is 600 g/mol. The second-order valence-corrected chi connectivity index (χ2v) is 13.7. The van der Waals surface area contributed by atoms with Crippen molar-refractivity contribution in [3.05, 3.63) is 29.8 Å². The molecule has 5 amide bonds. The first-order valence-corrected chi connectivity index (χ1v) is 15.4. The number of aromatic hydroxyl groups is 1. The molecule has 43 heavy (non-hydrogen) atoms. The van der Waals surface area contributed by atoms with Crippen LogP contribution in [-0.4, -0.2) is 69.8 Å². The van der Waals surface area contributed by atoms with E-state index in [-0.39, 0.29) is 24.0 Å². The molecule has 3 rings (SSSR count). The van der Waals surface area contributed by atoms with E-state index in [1.807, 2.05) is 46.8 Å². The largest absolute Gasteiger partial charge is 0.508 e. The Bertz CT molecular complexity index is 1170. The number of Topliss-reactive ketones (excluding diaryl/α,β-unsaturated/α-hetero) is 1. The van der Waals surface area contributed by atoms with Crippen molar-refractivity contribution < 1.29 is 29.1 Å². The van der Waals surface area contributed by atoms with Crippen LogP contribution in [0, 0.1) is 11.3 Å². The molecule has 2 aliphatic rings. The number of nitrogens with one attached hydrogen (secondary N) is 3.